The molecule has 3 aromatic rings. The quantitative estimate of drug-likeness (QED) is 0.730. The van der Waals surface area contributed by atoms with Crippen molar-refractivity contribution in [2.75, 3.05) is 7.11 Å². The van der Waals surface area contributed by atoms with Crippen molar-refractivity contribution in [1.82, 2.24) is 14.8 Å². The Bertz CT molecular complexity index is 708. The molecular formula is C13H10BrN3O. The van der Waals surface area contributed by atoms with Crippen LogP contribution in [0.25, 0.3) is 16.7 Å². The Hall–Kier alpha value is -1.88. The summed E-state index contributed by atoms with van der Waals surface area (Å²) in [6.07, 6.45) is 1.79. The van der Waals surface area contributed by atoms with E-state index in [1.165, 1.54) is 0 Å². The zero-order chi connectivity index (χ0) is 12.5. The third-order valence-corrected chi connectivity index (χ3v) is 3.15. The van der Waals surface area contributed by atoms with Crippen LogP contribution in [0.1, 0.15) is 0 Å². The Labute approximate surface area is 112 Å². The van der Waals surface area contributed by atoms with E-state index in [1.807, 2.05) is 36.4 Å². The number of nitrogens with zero attached hydrogens (tertiary/aromatic N) is 3. The number of hydrogen-bond donors (Lipinski definition) is 0. The summed E-state index contributed by atoms with van der Waals surface area (Å²) >= 11 is 3.45. The molecule has 0 aliphatic carbocycles. The molecule has 0 amide bonds. The zero-order valence-electron chi connectivity index (χ0n) is 9.67. The van der Waals surface area contributed by atoms with Crippen LogP contribution in [0, 0.1) is 0 Å². The molecule has 0 aliphatic heterocycles. The Morgan fingerprint density at radius 2 is 2.11 bits per heavy atom. The molecule has 0 bridgehead atoms. The summed E-state index contributed by atoms with van der Waals surface area (Å²) in [5.41, 5.74) is 1.74. The molecule has 0 fully saturated rings. The molecule has 1 aromatic carbocycles. The fraction of sp³-hybridized carbons (Fsp3) is 0.0769. The number of pyridine rings is 1. The summed E-state index contributed by atoms with van der Waals surface area (Å²) in [5, 5.41) is 5.34. The predicted molar refractivity (Wildman–Crippen MR) is 73.1 cm³/mol. The van der Waals surface area contributed by atoms with Crippen LogP contribution in [0.4, 0.5) is 0 Å². The van der Waals surface area contributed by atoms with E-state index >= 15 is 0 Å². The zero-order valence-corrected chi connectivity index (χ0v) is 11.3. The lowest BCUT2D eigenvalue weighted by molar-refractivity contribution is 0.399. The van der Waals surface area contributed by atoms with Crippen LogP contribution in [0.3, 0.4) is 0 Å². The Morgan fingerprint density at radius 1 is 1.22 bits per heavy atom. The fourth-order valence-corrected chi connectivity index (χ4v) is 2.18. The average molecular weight is 304 g/mol. The highest BCUT2D eigenvalue weighted by atomic mass is 79.9. The second-order valence-electron chi connectivity index (χ2n) is 3.80. The van der Waals surface area contributed by atoms with Crippen molar-refractivity contribution in [1.29, 1.82) is 0 Å². The van der Waals surface area contributed by atoms with Gasteiger partial charge in [-0.3, -0.25) is 0 Å². The van der Waals surface area contributed by atoms with Gasteiger partial charge in [0.25, 0.3) is 0 Å². The molecule has 2 heterocycles. The van der Waals surface area contributed by atoms with Gasteiger partial charge in [-0.15, -0.1) is 0 Å². The smallest absolute Gasteiger partial charge is 0.215 e. The van der Waals surface area contributed by atoms with Gasteiger partial charge >= 0.3 is 0 Å². The monoisotopic (exact) mass is 303 g/mol. The van der Waals surface area contributed by atoms with E-state index in [4.69, 9.17) is 4.74 Å². The molecule has 4 nitrogen and oxygen atoms in total. The van der Waals surface area contributed by atoms with Crippen molar-refractivity contribution in [2.45, 2.75) is 0 Å². The maximum absolute atomic E-state index is 5.14. The van der Waals surface area contributed by atoms with Gasteiger partial charge in [-0.1, -0.05) is 22.0 Å². The molecule has 0 atom stereocenters. The van der Waals surface area contributed by atoms with Crippen molar-refractivity contribution in [3.05, 3.63) is 47.1 Å². The normalized spacial score (nSPS) is 10.8. The highest BCUT2D eigenvalue weighted by Gasteiger charge is 2.07. The number of aromatic nitrogens is 3. The number of ether oxygens (including phenoxy) is 1. The summed E-state index contributed by atoms with van der Waals surface area (Å²) in [4.78, 5) is 4.42. The van der Waals surface area contributed by atoms with E-state index in [0.29, 0.717) is 5.88 Å². The van der Waals surface area contributed by atoms with Crippen LogP contribution in [-0.2, 0) is 0 Å². The van der Waals surface area contributed by atoms with Crippen LogP contribution in [0.2, 0.25) is 0 Å². The van der Waals surface area contributed by atoms with Crippen LogP contribution < -0.4 is 4.74 Å². The third kappa shape index (κ3) is 1.86. The van der Waals surface area contributed by atoms with Crippen LogP contribution in [0.5, 0.6) is 5.88 Å². The minimum Gasteiger partial charge on any atom is -0.481 e. The molecule has 2 aromatic heterocycles. The van der Waals surface area contributed by atoms with Crippen molar-refractivity contribution in [3.8, 4) is 11.6 Å². The molecule has 0 N–H and O–H groups in total. The van der Waals surface area contributed by atoms with E-state index in [2.05, 4.69) is 26.0 Å². The largest absolute Gasteiger partial charge is 0.481 e. The van der Waals surface area contributed by atoms with E-state index in [1.54, 1.807) is 18.0 Å². The molecule has 0 saturated carbocycles. The molecule has 0 saturated heterocycles. The first kappa shape index (κ1) is 11.2. The van der Waals surface area contributed by atoms with Gasteiger partial charge < -0.3 is 4.74 Å². The first-order valence-electron chi connectivity index (χ1n) is 5.42. The molecule has 3 rings (SSSR count). The molecule has 0 radical (unpaired) electrons. The van der Waals surface area contributed by atoms with E-state index < -0.39 is 0 Å². The SMILES string of the molecule is COc1ccc2cnn(-c3cccc(Br)c3)c2n1. The number of methoxy groups -OCH3 is 1. The van der Waals surface area contributed by atoms with E-state index in [9.17, 15) is 0 Å². The topological polar surface area (TPSA) is 39.9 Å². The summed E-state index contributed by atoms with van der Waals surface area (Å²) in [7, 11) is 1.61. The highest BCUT2D eigenvalue weighted by molar-refractivity contribution is 9.10. The third-order valence-electron chi connectivity index (χ3n) is 2.65. The van der Waals surface area contributed by atoms with Crippen molar-refractivity contribution >= 4 is 27.0 Å². The number of rotatable bonds is 2. The molecule has 0 spiro atoms. The summed E-state index contributed by atoms with van der Waals surface area (Å²) < 4.78 is 7.95. The van der Waals surface area contributed by atoms with Crippen LogP contribution in [-0.4, -0.2) is 21.9 Å². The number of benzene rings is 1. The predicted octanol–water partition coefficient (Wildman–Crippen LogP) is 3.19. The standard InChI is InChI=1S/C13H10BrN3O/c1-18-12-6-5-9-8-15-17(13(9)16-12)11-4-2-3-10(14)7-11/h2-8H,1H3. The Balaban J connectivity index is 2.22. The molecule has 18 heavy (non-hydrogen) atoms. The first-order chi connectivity index (χ1) is 8.78. The Morgan fingerprint density at radius 3 is 2.89 bits per heavy atom. The highest BCUT2D eigenvalue weighted by Crippen LogP contribution is 2.21. The fourth-order valence-electron chi connectivity index (χ4n) is 1.80. The number of halogens is 1. The second kappa shape index (κ2) is 4.42. The van der Waals surface area contributed by atoms with Crippen molar-refractivity contribution in [3.63, 3.8) is 0 Å². The van der Waals surface area contributed by atoms with Gasteiger partial charge in [0.1, 0.15) is 0 Å². The van der Waals surface area contributed by atoms with Crippen molar-refractivity contribution in [2.24, 2.45) is 0 Å². The minimum atomic E-state index is 0.583. The lowest BCUT2D eigenvalue weighted by Gasteiger charge is -2.04. The maximum Gasteiger partial charge on any atom is 0.215 e. The molecule has 90 valence electrons. The van der Waals surface area contributed by atoms with Gasteiger partial charge in [-0.05, 0) is 24.3 Å². The van der Waals surface area contributed by atoms with Gasteiger partial charge in [0.2, 0.25) is 5.88 Å². The summed E-state index contributed by atoms with van der Waals surface area (Å²) in [6, 6.07) is 11.7. The minimum absolute atomic E-state index is 0.583. The lowest BCUT2D eigenvalue weighted by atomic mass is 10.3. The lowest BCUT2D eigenvalue weighted by Crippen LogP contribution is -1.98. The van der Waals surface area contributed by atoms with Crippen molar-refractivity contribution < 1.29 is 4.74 Å². The van der Waals surface area contributed by atoms with Gasteiger partial charge in [-0.25, -0.2) is 4.68 Å². The Kier molecular flexibility index (Phi) is 2.76. The van der Waals surface area contributed by atoms with Gasteiger partial charge in [0.15, 0.2) is 5.65 Å². The second-order valence-corrected chi connectivity index (χ2v) is 4.72. The molecule has 0 aliphatic rings. The van der Waals surface area contributed by atoms with Crippen LogP contribution in [0.15, 0.2) is 47.1 Å². The van der Waals surface area contributed by atoms with E-state index in [0.717, 1.165) is 21.2 Å². The molecular weight excluding hydrogens is 294 g/mol. The molecule has 0 unspecified atom stereocenters. The average Bonchev–Trinajstić information content (AvgIpc) is 2.81. The first-order valence-corrected chi connectivity index (χ1v) is 6.22. The van der Waals surface area contributed by atoms with Crippen LogP contribution >= 0.6 is 15.9 Å². The van der Waals surface area contributed by atoms with E-state index in [-0.39, 0.29) is 0 Å². The molecule has 5 heteroatoms. The van der Waals surface area contributed by atoms with Gasteiger partial charge in [0.05, 0.1) is 19.0 Å². The number of hydrogen-bond acceptors (Lipinski definition) is 3. The summed E-state index contributed by atoms with van der Waals surface area (Å²) in [5.74, 6) is 0.583. The number of fused-ring (bicyclic) bond motifs is 1. The summed E-state index contributed by atoms with van der Waals surface area (Å²) in [6.45, 7) is 0. The maximum atomic E-state index is 5.14. The van der Waals surface area contributed by atoms with Gasteiger partial charge in [0, 0.05) is 15.9 Å². The van der Waals surface area contributed by atoms with Gasteiger partial charge in [-0.2, -0.15) is 10.1 Å².